The average molecular weight is 351 g/mol. The number of anilines is 1. The molecule has 0 amide bonds. The summed E-state index contributed by atoms with van der Waals surface area (Å²) in [5.41, 5.74) is 7.10. The van der Waals surface area contributed by atoms with Gasteiger partial charge in [-0.15, -0.1) is 0 Å². The second-order valence-corrected chi connectivity index (χ2v) is 7.28. The minimum absolute atomic E-state index is 0.0264. The first-order valence-corrected chi connectivity index (χ1v) is 9.15. The Morgan fingerprint density at radius 3 is 2.96 bits per heavy atom. The van der Waals surface area contributed by atoms with Crippen LogP contribution in [-0.2, 0) is 17.8 Å². The van der Waals surface area contributed by atoms with Crippen molar-refractivity contribution in [1.29, 1.82) is 0 Å². The molecule has 3 heterocycles. The summed E-state index contributed by atoms with van der Waals surface area (Å²) in [7, 11) is 2.13. The maximum atomic E-state index is 5.65. The van der Waals surface area contributed by atoms with E-state index in [1.54, 1.807) is 6.33 Å². The number of nitrogens with zero attached hydrogens (tertiary/aromatic N) is 4. The number of aromatic nitrogens is 2. The summed E-state index contributed by atoms with van der Waals surface area (Å²) >= 11 is 0. The first-order valence-electron chi connectivity index (χ1n) is 9.15. The van der Waals surface area contributed by atoms with Gasteiger partial charge in [-0.05, 0) is 43.7 Å². The second kappa shape index (κ2) is 7.03. The van der Waals surface area contributed by atoms with Crippen LogP contribution in [0.3, 0.4) is 0 Å². The van der Waals surface area contributed by atoms with E-state index in [9.17, 15) is 0 Å². The molecule has 1 atom stereocenters. The van der Waals surface area contributed by atoms with Gasteiger partial charge < -0.3 is 15.1 Å². The maximum Gasteiger partial charge on any atom is 0.150 e. The predicted octanol–water partition coefficient (Wildman–Crippen LogP) is 2.69. The molecule has 0 saturated carbocycles. The molecule has 1 unspecified atom stereocenters. The van der Waals surface area contributed by atoms with Crippen molar-refractivity contribution in [2.75, 3.05) is 25.5 Å². The van der Waals surface area contributed by atoms with Crippen molar-refractivity contribution in [2.45, 2.75) is 39.3 Å². The van der Waals surface area contributed by atoms with E-state index in [1.165, 1.54) is 16.7 Å². The minimum Gasteiger partial charge on any atom is -0.390 e. The molecule has 6 nitrogen and oxygen atoms in total. The topological polar surface area (TPSA) is 62.6 Å². The van der Waals surface area contributed by atoms with Gasteiger partial charge in [-0.1, -0.05) is 17.3 Å². The number of likely N-dealkylation sites (N-methyl/N-ethyl adjacent to an activating group) is 1. The largest absolute Gasteiger partial charge is 0.390 e. The zero-order valence-corrected chi connectivity index (χ0v) is 15.6. The molecule has 4 rings (SSSR count). The van der Waals surface area contributed by atoms with Crippen LogP contribution in [0.5, 0.6) is 0 Å². The van der Waals surface area contributed by atoms with Crippen molar-refractivity contribution in [2.24, 2.45) is 5.16 Å². The standard InChI is InChI=1S/C20H25N5O/c1-13-4-5-15(8-14(13)2)19-9-16(26-24-19)10-21-20-17-11-25(3)7-6-18(17)22-12-23-20/h4-5,8,12,16H,6-7,9-11H2,1-3H3,(H,21,22,23). The van der Waals surface area contributed by atoms with Crippen molar-refractivity contribution in [3.05, 3.63) is 52.5 Å². The molecule has 0 saturated heterocycles. The van der Waals surface area contributed by atoms with E-state index in [-0.39, 0.29) is 6.10 Å². The van der Waals surface area contributed by atoms with E-state index in [4.69, 9.17) is 4.84 Å². The molecule has 0 aliphatic carbocycles. The van der Waals surface area contributed by atoms with Gasteiger partial charge in [-0.2, -0.15) is 0 Å². The fourth-order valence-electron chi connectivity index (χ4n) is 3.47. The molecule has 2 aliphatic rings. The lowest BCUT2D eigenvalue weighted by atomic mass is 10.0. The normalized spacial score (nSPS) is 19.7. The molecule has 26 heavy (non-hydrogen) atoms. The van der Waals surface area contributed by atoms with Crippen LogP contribution < -0.4 is 5.32 Å². The summed E-state index contributed by atoms with van der Waals surface area (Å²) < 4.78 is 0. The second-order valence-electron chi connectivity index (χ2n) is 7.28. The molecule has 0 radical (unpaired) electrons. The number of aryl methyl sites for hydroxylation is 2. The highest BCUT2D eigenvalue weighted by atomic mass is 16.6. The lowest BCUT2D eigenvalue weighted by molar-refractivity contribution is 0.0948. The molecule has 136 valence electrons. The fraction of sp³-hybridized carbons (Fsp3) is 0.450. The Morgan fingerprint density at radius 2 is 2.12 bits per heavy atom. The van der Waals surface area contributed by atoms with E-state index in [0.717, 1.165) is 48.7 Å². The van der Waals surface area contributed by atoms with Crippen molar-refractivity contribution >= 4 is 11.5 Å². The van der Waals surface area contributed by atoms with Gasteiger partial charge in [-0.3, -0.25) is 0 Å². The van der Waals surface area contributed by atoms with Gasteiger partial charge in [-0.25, -0.2) is 9.97 Å². The van der Waals surface area contributed by atoms with E-state index < -0.39 is 0 Å². The van der Waals surface area contributed by atoms with Gasteiger partial charge in [0.05, 0.1) is 18.0 Å². The van der Waals surface area contributed by atoms with Crippen LogP contribution in [0.4, 0.5) is 5.82 Å². The number of oxime groups is 1. The van der Waals surface area contributed by atoms with Gasteiger partial charge in [0.15, 0.2) is 0 Å². The van der Waals surface area contributed by atoms with Crippen LogP contribution in [0.15, 0.2) is 29.7 Å². The van der Waals surface area contributed by atoms with Crippen LogP contribution in [0, 0.1) is 13.8 Å². The Hall–Kier alpha value is -2.47. The predicted molar refractivity (Wildman–Crippen MR) is 103 cm³/mol. The van der Waals surface area contributed by atoms with Crippen molar-refractivity contribution in [3.8, 4) is 0 Å². The Bertz CT molecular complexity index is 848. The number of hydrogen-bond acceptors (Lipinski definition) is 6. The van der Waals surface area contributed by atoms with Gasteiger partial charge in [0.2, 0.25) is 0 Å². The quantitative estimate of drug-likeness (QED) is 0.918. The third kappa shape index (κ3) is 3.42. The number of benzene rings is 1. The third-order valence-corrected chi connectivity index (χ3v) is 5.26. The van der Waals surface area contributed by atoms with Crippen molar-refractivity contribution < 1.29 is 4.84 Å². The zero-order valence-electron chi connectivity index (χ0n) is 15.6. The van der Waals surface area contributed by atoms with Gasteiger partial charge in [0.1, 0.15) is 18.2 Å². The highest BCUT2D eigenvalue weighted by Gasteiger charge is 2.24. The van der Waals surface area contributed by atoms with Gasteiger partial charge in [0.25, 0.3) is 0 Å². The molecule has 0 fully saturated rings. The van der Waals surface area contributed by atoms with Gasteiger partial charge >= 0.3 is 0 Å². The van der Waals surface area contributed by atoms with Crippen molar-refractivity contribution in [1.82, 2.24) is 14.9 Å². The summed E-state index contributed by atoms with van der Waals surface area (Å²) in [6.07, 6.45) is 3.46. The lowest BCUT2D eigenvalue weighted by Crippen LogP contribution is -2.29. The maximum absolute atomic E-state index is 5.65. The number of hydrogen-bond donors (Lipinski definition) is 1. The summed E-state index contributed by atoms with van der Waals surface area (Å²) in [5, 5.41) is 7.76. The van der Waals surface area contributed by atoms with Gasteiger partial charge in [0, 0.05) is 31.5 Å². The van der Waals surface area contributed by atoms with Crippen LogP contribution in [0.25, 0.3) is 0 Å². The molecule has 0 bridgehead atoms. The number of nitrogens with one attached hydrogen (secondary N) is 1. The Morgan fingerprint density at radius 1 is 1.23 bits per heavy atom. The summed E-state index contributed by atoms with van der Waals surface area (Å²) in [4.78, 5) is 16.8. The van der Waals surface area contributed by atoms with Crippen LogP contribution in [0.2, 0.25) is 0 Å². The van der Waals surface area contributed by atoms with Crippen molar-refractivity contribution in [3.63, 3.8) is 0 Å². The summed E-state index contributed by atoms with van der Waals surface area (Å²) in [6, 6.07) is 6.45. The molecule has 0 spiro atoms. The fourth-order valence-corrected chi connectivity index (χ4v) is 3.47. The molecular formula is C20H25N5O. The van der Waals surface area contributed by atoms with E-state index in [0.29, 0.717) is 6.54 Å². The number of rotatable bonds is 4. The van der Waals surface area contributed by atoms with E-state index in [2.05, 4.69) is 64.4 Å². The molecule has 2 aliphatic heterocycles. The first kappa shape index (κ1) is 17.0. The minimum atomic E-state index is 0.0264. The first-order chi connectivity index (χ1) is 12.6. The Kier molecular flexibility index (Phi) is 4.59. The monoisotopic (exact) mass is 351 g/mol. The highest BCUT2D eigenvalue weighted by molar-refractivity contribution is 6.01. The number of fused-ring (bicyclic) bond motifs is 1. The third-order valence-electron chi connectivity index (χ3n) is 5.26. The van der Waals surface area contributed by atoms with Crippen LogP contribution in [-0.4, -0.2) is 46.8 Å². The van der Waals surface area contributed by atoms with E-state index in [1.807, 2.05) is 0 Å². The van der Waals surface area contributed by atoms with E-state index >= 15 is 0 Å². The summed E-state index contributed by atoms with van der Waals surface area (Å²) in [5.74, 6) is 0.921. The molecular weight excluding hydrogens is 326 g/mol. The lowest BCUT2D eigenvalue weighted by Gasteiger charge is -2.25. The molecule has 1 N–H and O–H groups in total. The molecule has 1 aromatic carbocycles. The van der Waals surface area contributed by atoms with Crippen LogP contribution in [0.1, 0.15) is 34.4 Å². The average Bonchev–Trinajstić information content (AvgIpc) is 3.11. The molecule has 1 aromatic heterocycles. The smallest absolute Gasteiger partial charge is 0.150 e. The molecule has 2 aromatic rings. The molecule has 6 heteroatoms. The zero-order chi connectivity index (χ0) is 18.1. The van der Waals surface area contributed by atoms with Crippen LogP contribution >= 0.6 is 0 Å². The Labute approximate surface area is 154 Å². The highest BCUT2D eigenvalue weighted by Crippen LogP contribution is 2.23. The SMILES string of the molecule is Cc1ccc(C2=NOC(CNc3ncnc4c3CN(C)CC4)C2)cc1C. The summed E-state index contributed by atoms with van der Waals surface area (Å²) in [6.45, 7) is 6.87. The Balaban J connectivity index is 1.39.